The Morgan fingerprint density at radius 1 is 1.38 bits per heavy atom. The third-order valence-corrected chi connectivity index (χ3v) is 3.26. The summed E-state index contributed by atoms with van der Waals surface area (Å²) < 4.78 is 5.11. The molecule has 0 saturated carbocycles. The molecule has 1 saturated heterocycles. The van der Waals surface area contributed by atoms with Gasteiger partial charge in [0.15, 0.2) is 0 Å². The van der Waals surface area contributed by atoms with Gasteiger partial charge in [0.1, 0.15) is 5.75 Å². The van der Waals surface area contributed by atoms with Crippen molar-refractivity contribution in [1.82, 2.24) is 5.32 Å². The lowest BCUT2D eigenvalue weighted by molar-refractivity contribution is 0.0526. The van der Waals surface area contributed by atoms with Gasteiger partial charge in [-0.25, -0.2) is 0 Å². The summed E-state index contributed by atoms with van der Waals surface area (Å²) in [5, 5.41) is 13.4. The number of ether oxygens (including phenoxy) is 1. The van der Waals surface area contributed by atoms with Gasteiger partial charge in [-0.05, 0) is 43.5 Å². The first-order valence-corrected chi connectivity index (χ1v) is 5.78. The van der Waals surface area contributed by atoms with Crippen LogP contribution in [-0.4, -0.2) is 30.9 Å². The van der Waals surface area contributed by atoms with Crippen molar-refractivity contribution in [1.29, 1.82) is 0 Å². The van der Waals surface area contributed by atoms with Crippen LogP contribution in [0.2, 0.25) is 0 Å². The van der Waals surface area contributed by atoms with E-state index in [1.807, 2.05) is 12.1 Å². The number of methoxy groups -OCH3 is 1. The van der Waals surface area contributed by atoms with E-state index in [0.29, 0.717) is 0 Å². The predicted molar refractivity (Wildman–Crippen MR) is 63.8 cm³/mol. The number of hydrogen-bond donors (Lipinski definition) is 2. The Morgan fingerprint density at radius 2 is 2.12 bits per heavy atom. The molecule has 1 unspecified atom stereocenters. The number of aliphatic hydroxyl groups is 1. The Labute approximate surface area is 96.4 Å². The monoisotopic (exact) mass is 221 g/mol. The number of aryl methyl sites for hydroxylation is 1. The molecule has 1 atom stereocenters. The van der Waals surface area contributed by atoms with Gasteiger partial charge in [0.2, 0.25) is 0 Å². The smallest absolute Gasteiger partial charge is 0.118 e. The van der Waals surface area contributed by atoms with Crippen LogP contribution in [-0.2, 0) is 6.42 Å². The third kappa shape index (κ3) is 2.74. The summed E-state index contributed by atoms with van der Waals surface area (Å²) in [6, 6.07) is 8.05. The highest BCUT2D eigenvalue weighted by Gasteiger charge is 2.30. The number of nitrogens with one attached hydrogen (secondary N) is 1. The van der Waals surface area contributed by atoms with Gasteiger partial charge in [0.25, 0.3) is 0 Å². The molecule has 0 spiro atoms. The molecule has 1 aromatic rings. The average molecular weight is 221 g/mol. The Balaban J connectivity index is 1.89. The van der Waals surface area contributed by atoms with Gasteiger partial charge < -0.3 is 15.2 Å². The molecule has 1 aliphatic heterocycles. The molecule has 1 aromatic carbocycles. The molecule has 0 radical (unpaired) electrons. The standard InChI is InChI=1S/C13H19NO2/c1-16-12-4-2-11(3-5-12)6-7-13(15)8-9-14-10-13/h2-5,14-15H,6-10H2,1H3. The highest BCUT2D eigenvalue weighted by atomic mass is 16.5. The van der Waals surface area contributed by atoms with Crippen LogP contribution < -0.4 is 10.1 Å². The van der Waals surface area contributed by atoms with E-state index < -0.39 is 5.60 Å². The fourth-order valence-electron chi connectivity index (χ4n) is 2.11. The van der Waals surface area contributed by atoms with Crippen LogP contribution >= 0.6 is 0 Å². The van der Waals surface area contributed by atoms with E-state index >= 15 is 0 Å². The summed E-state index contributed by atoms with van der Waals surface area (Å²) in [5.74, 6) is 0.880. The third-order valence-electron chi connectivity index (χ3n) is 3.26. The lowest BCUT2D eigenvalue weighted by atomic mass is 9.94. The van der Waals surface area contributed by atoms with Gasteiger partial charge in [-0.3, -0.25) is 0 Å². The Kier molecular flexibility index (Phi) is 3.46. The summed E-state index contributed by atoms with van der Waals surface area (Å²) >= 11 is 0. The fraction of sp³-hybridized carbons (Fsp3) is 0.538. The van der Waals surface area contributed by atoms with Crippen LogP contribution in [0, 0.1) is 0 Å². The fourth-order valence-corrected chi connectivity index (χ4v) is 2.11. The largest absolute Gasteiger partial charge is 0.497 e. The molecule has 3 heteroatoms. The first kappa shape index (κ1) is 11.4. The summed E-state index contributed by atoms with van der Waals surface area (Å²) in [5.41, 5.74) is 0.751. The van der Waals surface area contributed by atoms with Crippen molar-refractivity contribution >= 4 is 0 Å². The summed E-state index contributed by atoms with van der Waals surface area (Å²) in [6.45, 7) is 1.66. The van der Waals surface area contributed by atoms with Crippen molar-refractivity contribution in [2.75, 3.05) is 20.2 Å². The van der Waals surface area contributed by atoms with Gasteiger partial charge in [-0.15, -0.1) is 0 Å². The maximum absolute atomic E-state index is 10.2. The van der Waals surface area contributed by atoms with Crippen molar-refractivity contribution in [3.05, 3.63) is 29.8 Å². The van der Waals surface area contributed by atoms with Gasteiger partial charge in [0.05, 0.1) is 12.7 Å². The van der Waals surface area contributed by atoms with Crippen LogP contribution in [0.4, 0.5) is 0 Å². The molecule has 0 bridgehead atoms. The zero-order valence-electron chi connectivity index (χ0n) is 9.70. The van der Waals surface area contributed by atoms with E-state index in [2.05, 4.69) is 17.4 Å². The summed E-state index contributed by atoms with van der Waals surface area (Å²) in [6.07, 6.45) is 2.61. The molecule has 0 aliphatic carbocycles. The van der Waals surface area contributed by atoms with Crippen LogP contribution in [0.25, 0.3) is 0 Å². The van der Waals surface area contributed by atoms with Gasteiger partial charge in [-0.1, -0.05) is 12.1 Å². The Bertz CT molecular complexity index is 328. The van der Waals surface area contributed by atoms with Crippen LogP contribution in [0.3, 0.4) is 0 Å². The molecule has 1 heterocycles. The van der Waals surface area contributed by atoms with Crippen molar-refractivity contribution in [3.63, 3.8) is 0 Å². The Morgan fingerprint density at radius 3 is 2.69 bits per heavy atom. The zero-order valence-corrected chi connectivity index (χ0v) is 9.70. The zero-order chi connectivity index (χ0) is 11.4. The minimum atomic E-state index is -0.500. The molecular formula is C13H19NO2. The van der Waals surface area contributed by atoms with E-state index in [1.54, 1.807) is 7.11 Å². The maximum atomic E-state index is 10.2. The number of hydrogen-bond acceptors (Lipinski definition) is 3. The first-order valence-electron chi connectivity index (χ1n) is 5.78. The minimum absolute atomic E-state index is 0.500. The van der Waals surface area contributed by atoms with E-state index in [-0.39, 0.29) is 0 Å². The summed E-state index contributed by atoms with van der Waals surface area (Å²) in [7, 11) is 1.67. The van der Waals surface area contributed by atoms with Gasteiger partial charge in [0, 0.05) is 6.54 Å². The van der Waals surface area contributed by atoms with Crippen molar-refractivity contribution < 1.29 is 9.84 Å². The molecule has 3 nitrogen and oxygen atoms in total. The predicted octanol–water partition coefficient (Wildman–Crippen LogP) is 1.35. The minimum Gasteiger partial charge on any atom is -0.497 e. The molecule has 0 aromatic heterocycles. The van der Waals surface area contributed by atoms with E-state index in [9.17, 15) is 5.11 Å². The van der Waals surface area contributed by atoms with Crippen LogP contribution in [0.5, 0.6) is 5.75 Å². The van der Waals surface area contributed by atoms with Crippen LogP contribution in [0.1, 0.15) is 18.4 Å². The number of β-amino-alcohol motifs (C(OH)–C–C–N with tert-alkyl or cyclic N) is 1. The van der Waals surface area contributed by atoms with E-state index in [1.165, 1.54) is 5.56 Å². The second-order valence-corrected chi connectivity index (χ2v) is 4.50. The highest BCUT2D eigenvalue weighted by Crippen LogP contribution is 2.22. The molecule has 16 heavy (non-hydrogen) atoms. The van der Waals surface area contributed by atoms with Crippen molar-refractivity contribution in [2.45, 2.75) is 24.9 Å². The molecule has 2 N–H and O–H groups in total. The maximum Gasteiger partial charge on any atom is 0.118 e. The lowest BCUT2D eigenvalue weighted by Gasteiger charge is -2.20. The molecule has 1 aliphatic rings. The van der Waals surface area contributed by atoms with E-state index in [0.717, 1.165) is 38.1 Å². The summed E-state index contributed by atoms with van der Waals surface area (Å²) in [4.78, 5) is 0. The first-order chi connectivity index (χ1) is 7.72. The average Bonchev–Trinajstić information content (AvgIpc) is 2.75. The topological polar surface area (TPSA) is 41.5 Å². The highest BCUT2D eigenvalue weighted by molar-refractivity contribution is 5.27. The van der Waals surface area contributed by atoms with Crippen molar-refractivity contribution in [2.24, 2.45) is 0 Å². The second-order valence-electron chi connectivity index (χ2n) is 4.50. The normalized spacial score (nSPS) is 24.6. The molecule has 2 rings (SSSR count). The van der Waals surface area contributed by atoms with Crippen LogP contribution in [0.15, 0.2) is 24.3 Å². The molecule has 0 amide bonds. The van der Waals surface area contributed by atoms with Crippen molar-refractivity contribution in [3.8, 4) is 5.75 Å². The quantitative estimate of drug-likeness (QED) is 0.806. The Hall–Kier alpha value is -1.06. The lowest BCUT2D eigenvalue weighted by Crippen LogP contribution is -2.31. The second kappa shape index (κ2) is 4.85. The molecular weight excluding hydrogens is 202 g/mol. The van der Waals surface area contributed by atoms with Gasteiger partial charge >= 0.3 is 0 Å². The van der Waals surface area contributed by atoms with Gasteiger partial charge in [-0.2, -0.15) is 0 Å². The number of benzene rings is 1. The SMILES string of the molecule is COc1ccc(CCC2(O)CCNC2)cc1. The molecule has 88 valence electrons. The van der Waals surface area contributed by atoms with E-state index in [4.69, 9.17) is 4.74 Å². The molecule has 1 fully saturated rings. The number of rotatable bonds is 4.